The average Bonchev–Trinajstić information content (AvgIpc) is 2.42. The van der Waals surface area contributed by atoms with Crippen LogP contribution in [-0.2, 0) is 16.1 Å². The predicted molar refractivity (Wildman–Crippen MR) is 87.3 cm³/mol. The highest BCUT2D eigenvalue weighted by molar-refractivity contribution is 5.67. The van der Waals surface area contributed by atoms with Crippen LogP contribution in [0.25, 0.3) is 0 Å². The number of aromatic nitrogens is 2. The van der Waals surface area contributed by atoms with Crippen molar-refractivity contribution in [1.29, 1.82) is 0 Å². The van der Waals surface area contributed by atoms with Gasteiger partial charge in [-0.2, -0.15) is 0 Å². The Morgan fingerprint density at radius 1 is 1.39 bits per heavy atom. The second kappa shape index (κ2) is 7.59. The molecule has 1 amide bonds. The third-order valence-electron chi connectivity index (χ3n) is 3.38. The number of ether oxygens (including phenoxy) is 2. The average molecular weight is 322 g/mol. The van der Waals surface area contributed by atoms with Gasteiger partial charge in [-0.15, -0.1) is 0 Å². The van der Waals surface area contributed by atoms with Crippen molar-refractivity contribution in [3.8, 4) is 0 Å². The molecule has 0 spiro atoms. The molecule has 23 heavy (non-hydrogen) atoms. The summed E-state index contributed by atoms with van der Waals surface area (Å²) in [4.78, 5) is 22.3. The molecule has 1 saturated heterocycles. The van der Waals surface area contributed by atoms with Crippen LogP contribution in [0, 0.1) is 5.92 Å². The Hall–Kier alpha value is -1.89. The Morgan fingerprint density at radius 3 is 2.78 bits per heavy atom. The van der Waals surface area contributed by atoms with E-state index in [1.54, 1.807) is 6.33 Å². The predicted octanol–water partition coefficient (Wildman–Crippen LogP) is 1.97. The molecule has 7 nitrogen and oxygen atoms in total. The van der Waals surface area contributed by atoms with E-state index in [1.165, 1.54) is 0 Å². The van der Waals surface area contributed by atoms with Crippen LogP contribution in [0.1, 0.15) is 33.4 Å². The molecule has 1 aliphatic heterocycles. The molecule has 0 radical (unpaired) electrons. The molecule has 1 aromatic heterocycles. The minimum absolute atomic E-state index is 0.364. The van der Waals surface area contributed by atoms with Crippen LogP contribution in [0.3, 0.4) is 0 Å². The number of alkyl carbamates (subject to hydrolysis) is 1. The summed E-state index contributed by atoms with van der Waals surface area (Å²) >= 11 is 0. The summed E-state index contributed by atoms with van der Waals surface area (Å²) in [6.45, 7) is 11.0. The lowest BCUT2D eigenvalue weighted by Crippen LogP contribution is -2.52. The van der Waals surface area contributed by atoms with Crippen molar-refractivity contribution in [2.24, 2.45) is 5.92 Å². The molecule has 7 heteroatoms. The molecule has 0 saturated carbocycles. The molecule has 0 aromatic carbocycles. The zero-order valence-corrected chi connectivity index (χ0v) is 14.3. The summed E-state index contributed by atoms with van der Waals surface area (Å²) in [6, 6.07) is 1.95. The standard InChI is InChI=1S/C16H26N4O3/c1-5-22-10-13-6-14(19-11-18-13)20-8-12(9-20)7-17-15(21)23-16(2,3)4/h6,11-12H,5,7-10H2,1-4H3,(H,17,21). The molecular formula is C16H26N4O3. The van der Waals surface area contributed by atoms with Crippen molar-refractivity contribution in [3.05, 3.63) is 18.1 Å². The number of nitrogens with one attached hydrogen (secondary N) is 1. The van der Waals surface area contributed by atoms with Gasteiger partial charge in [-0.3, -0.25) is 0 Å². The molecule has 1 fully saturated rings. The first-order valence-electron chi connectivity index (χ1n) is 7.98. The molecule has 0 unspecified atom stereocenters. The van der Waals surface area contributed by atoms with E-state index in [1.807, 2.05) is 33.8 Å². The summed E-state index contributed by atoms with van der Waals surface area (Å²) in [7, 11) is 0. The van der Waals surface area contributed by atoms with Crippen molar-refractivity contribution in [2.45, 2.75) is 39.9 Å². The van der Waals surface area contributed by atoms with Crippen LogP contribution < -0.4 is 10.2 Å². The van der Waals surface area contributed by atoms with E-state index < -0.39 is 5.60 Å². The molecule has 0 atom stereocenters. The van der Waals surface area contributed by atoms with Gasteiger partial charge >= 0.3 is 6.09 Å². The van der Waals surface area contributed by atoms with Gasteiger partial charge in [0.2, 0.25) is 0 Å². The molecule has 2 heterocycles. The van der Waals surface area contributed by atoms with Crippen LogP contribution in [0.5, 0.6) is 0 Å². The highest BCUT2D eigenvalue weighted by atomic mass is 16.6. The molecule has 0 aliphatic carbocycles. The van der Waals surface area contributed by atoms with Crippen LogP contribution in [0.4, 0.5) is 10.6 Å². The van der Waals surface area contributed by atoms with Crippen LogP contribution in [-0.4, -0.2) is 47.9 Å². The molecule has 0 bridgehead atoms. The third-order valence-corrected chi connectivity index (χ3v) is 3.38. The third kappa shape index (κ3) is 5.67. The first-order valence-corrected chi connectivity index (χ1v) is 7.98. The Labute approximate surface area is 137 Å². The fourth-order valence-electron chi connectivity index (χ4n) is 2.27. The van der Waals surface area contributed by atoms with Crippen molar-refractivity contribution in [3.63, 3.8) is 0 Å². The van der Waals surface area contributed by atoms with Gasteiger partial charge in [0.1, 0.15) is 17.7 Å². The maximum Gasteiger partial charge on any atom is 0.407 e. The van der Waals surface area contributed by atoms with Crippen LogP contribution in [0.15, 0.2) is 12.4 Å². The maximum atomic E-state index is 11.6. The summed E-state index contributed by atoms with van der Waals surface area (Å²) in [5.74, 6) is 1.32. The van der Waals surface area contributed by atoms with Gasteiger partial charge in [0.05, 0.1) is 12.3 Å². The molecule has 1 aliphatic rings. The number of hydrogen-bond donors (Lipinski definition) is 1. The molecule has 2 rings (SSSR count). The van der Waals surface area contributed by atoms with E-state index in [-0.39, 0.29) is 6.09 Å². The van der Waals surface area contributed by atoms with Crippen LogP contribution >= 0.6 is 0 Å². The highest BCUT2D eigenvalue weighted by Gasteiger charge is 2.28. The molecule has 1 N–H and O–H groups in total. The second-order valence-corrected chi connectivity index (χ2v) is 6.66. The Bertz CT molecular complexity index is 524. The molecule has 128 valence electrons. The van der Waals surface area contributed by atoms with E-state index in [9.17, 15) is 4.79 Å². The summed E-state index contributed by atoms with van der Waals surface area (Å²) in [5, 5.41) is 2.81. The highest BCUT2D eigenvalue weighted by Crippen LogP contribution is 2.22. The van der Waals surface area contributed by atoms with Gasteiger partial charge in [0.25, 0.3) is 0 Å². The summed E-state index contributed by atoms with van der Waals surface area (Å²) in [6.07, 6.45) is 1.20. The maximum absolute atomic E-state index is 11.6. The first kappa shape index (κ1) is 17.5. The zero-order valence-electron chi connectivity index (χ0n) is 14.3. The smallest absolute Gasteiger partial charge is 0.407 e. The number of rotatable bonds is 6. The number of hydrogen-bond acceptors (Lipinski definition) is 6. The normalized spacial score (nSPS) is 15.2. The quantitative estimate of drug-likeness (QED) is 0.863. The lowest BCUT2D eigenvalue weighted by molar-refractivity contribution is 0.0516. The lowest BCUT2D eigenvalue weighted by Gasteiger charge is -2.40. The molecular weight excluding hydrogens is 296 g/mol. The van der Waals surface area contributed by atoms with Crippen molar-refractivity contribution in [1.82, 2.24) is 15.3 Å². The van der Waals surface area contributed by atoms with Gasteiger partial charge in [0.15, 0.2) is 0 Å². The minimum Gasteiger partial charge on any atom is -0.444 e. The van der Waals surface area contributed by atoms with E-state index in [4.69, 9.17) is 9.47 Å². The SMILES string of the molecule is CCOCc1cc(N2CC(CNC(=O)OC(C)(C)C)C2)ncn1. The summed E-state index contributed by atoms with van der Waals surface area (Å²) in [5.41, 5.74) is 0.417. The van der Waals surface area contributed by atoms with E-state index in [2.05, 4.69) is 20.2 Å². The van der Waals surface area contributed by atoms with Gasteiger partial charge in [0, 0.05) is 38.2 Å². The number of amides is 1. The Balaban J connectivity index is 1.73. The lowest BCUT2D eigenvalue weighted by atomic mass is 10.0. The van der Waals surface area contributed by atoms with Gasteiger partial charge in [-0.1, -0.05) is 0 Å². The van der Waals surface area contributed by atoms with Crippen molar-refractivity contribution >= 4 is 11.9 Å². The minimum atomic E-state index is -0.465. The van der Waals surface area contributed by atoms with Crippen LogP contribution in [0.2, 0.25) is 0 Å². The summed E-state index contributed by atoms with van der Waals surface area (Å²) < 4.78 is 10.6. The van der Waals surface area contributed by atoms with Gasteiger partial charge in [-0.05, 0) is 27.7 Å². The van der Waals surface area contributed by atoms with Crippen molar-refractivity contribution in [2.75, 3.05) is 31.1 Å². The van der Waals surface area contributed by atoms with E-state index >= 15 is 0 Å². The van der Waals surface area contributed by atoms with Crippen molar-refractivity contribution < 1.29 is 14.3 Å². The zero-order chi connectivity index (χ0) is 16.9. The van der Waals surface area contributed by atoms with Gasteiger partial charge in [-0.25, -0.2) is 14.8 Å². The second-order valence-electron chi connectivity index (χ2n) is 6.66. The van der Waals surface area contributed by atoms with Gasteiger partial charge < -0.3 is 19.7 Å². The number of carbonyl (C=O) groups excluding carboxylic acids is 1. The van der Waals surface area contributed by atoms with E-state index in [0.29, 0.717) is 25.7 Å². The fourth-order valence-corrected chi connectivity index (χ4v) is 2.27. The fraction of sp³-hybridized carbons (Fsp3) is 0.688. The Morgan fingerprint density at radius 2 is 2.13 bits per heavy atom. The number of nitrogens with zero attached hydrogens (tertiary/aromatic N) is 3. The van der Waals surface area contributed by atoms with E-state index in [0.717, 1.165) is 24.6 Å². The first-order chi connectivity index (χ1) is 10.9. The largest absolute Gasteiger partial charge is 0.444 e. The Kier molecular flexibility index (Phi) is 5.76. The monoisotopic (exact) mass is 322 g/mol. The molecule has 1 aromatic rings. The number of anilines is 1. The number of carbonyl (C=O) groups is 1. The topological polar surface area (TPSA) is 76.6 Å².